The lowest BCUT2D eigenvalue weighted by Gasteiger charge is -2.27. The number of halogens is 4. The highest BCUT2D eigenvalue weighted by atomic mass is 19.4. The number of pyridine rings is 1. The third kappa shape index (κ3) is 3.30. The molecule has 0 aliphatic carbocycles. The summed E-state index contributed by atoms with van der Waals surface area (Å²) >= 11 is 0. The number of fused-ring (bicyclic) bond motifs is 3. The highest BCUT2D eigenvalue weighted by Gasteiger charge is 2.49. The summed E-state index contributed by atoms with van der Waals surface area (Å²) in [5, 5.41) is 8.96. The number of ether oxygens (including phenoxy) is 2. The lowest BCUT2D eigenvalue weighted by molar-refractivity contribution is -0.181. The van der Waals surface area contributed by atoms with Gasteiger partial charge in [-0.25, -0.2) is 4.98 Å². The van der Waals surface area contributed by atoms with Crippen molar-refractivity contribution >= 4 is 11.0 Å². The number of nitrogens with zero attached hydrogens (tertiary/aromatic N) is 4. The number of rotatable bonds is 4. The lowest BCUT2D eigenvalue weighted by Crippen LogP contribution is -2.37. The zero-order valence-corrected chi connectivity index (χ0v) is 16.0. The van der Waals surface area contributed by atoms with Crippen molar-refractivity contribution in [1.29, 1.82) is 5.26 Å². The van der Waals surface area contributed by atoms with Crippen molar-refractivity contribution in [2.45, 2.75) is 38.1 Å². The molecule has 30 heavy (non-hydrogen) atoms. The van der Waals surface area contributed by atoms with Gasteiger partial charge in [0.15, 0.2) is 11.9 Å². The van der Waals surface area contributed by atoms with Crippen LogP contribution in [0.4, 0.5) is 17.6 Å². The van der Waals surface area contributed by atoms with E-state index in [2.05, 4.69) is 9.97 Å². The minimum atomic E-state index is -4.57. The second-order valence-electron chi connectivity index (χ2n) is 7.48. The SMILES string of the molecule is CC(C)(c1ccc(OC[C@@H]2Cn3c(nc4cc(C#N)ccc43)O2)c(F)n1)C(F)(F)F. The molecule has 0 fully saturated rings. The number of benzene rings is 1. The quantitative estimate of drug-likeness (QED) is 0.469. The molecule has 0 saturated carbocycles. The molecule has 0 unspecified atom stereocenters. The summed E-state index contributed by atoms with van der Waals surface area (Å²) in [6.45, 7) is 2.23. The Hall–Kier alpha value is -3.35. The summed E-state index contributed by atoms with van der Waals surface area (Å²) < 4.78 is 66.5. The normalized spacial score (nSPS) is 16.2. The molecule has 0 bridgehead atoms. The molecule has 0 amide bonds. The summed E-state index contributed by atoms with van der Waals surface area (Å²) in [4.78, 5) is 7.77. The van der Waals surface area contributed by atoms with Crippen LogP contribution < -0.4 is 9.47 Å². The molecule has 1 aliphatic rings. The summed E-state index contributed by atoms with van der Waals surface area (Å²) in [6, 6.07) is 9.73. The van der Waals surface area contributed by atoms with E-state index in [-0.39, 0.29) is 12.4 Å². The first-order valence-electron chi connectivity index (χ1n) is 9.04. The van der Waals surface area contributed by atoms with Crippen molar-refractivity contribution in [1.82, 2.24) is 14.5 Å². The first kappa shape index (κ1) is 19.9. The van der Waals surface area contributed by atoms with E-state index in [4.69, 9.17) is 14.7 Å². The number of hydrogen-bond acceptors (Lipinski definition) is 5. The summed E-state index contributed by atoms with van der Waals surface area (Å²) in [6.07, 6.45) is -5.03. The van der Waals surface area contributed by atoms with Crippen molar-refractivity contribution in [2.24, 2.45) is 0 Å². The number of alkyl halides is 3. The Balaban J connectivity index is 1.45. The minimum absolute atomic E-state index is 0.0399. The van der Waals surface area contributed by atoms with Gasteiger partial charge < -0.3 is 9.47 Å². The number of imidazole rings is 1. The van der Waals surface area contributed by atoms with Crippen LogP contribution in [-0.2, 0) is 12.0 Å². The van der Waals surface area contributed by atoms with Gasteiger partial charge in [0.25, 0.3) is 12.0 Å². The van der Waals surface area contributed by atoms with Gasteiger partial charge in [-0.2, -0.15) is 27.8 Å². The second kappa shape index (κ2) is 6.86. The van der Waals surface area contributed by atoms with Gasteiger partial charge >= 0.3 is 6.18 Å². The number of hydrogen-bond donors (Lipinski definition) is 0. The summed E-state index contributed by atoms with van der Waals surface area (Å²) in [5.74, 6) is -1.37. The van der Waals surface area contributed by atoms with E-state index in [0.29, 0.717) is 23.6 Å². The van der Waals surface area contributed by atoms with E-state index in [1.54, 1.807) is 18.2 Å². The third-order valence-corrected chi connectivity index (χ3v) is 5.09. The Morgan fingerprint density at radius 1 is 1.23 bits per heavy atom. The van der Waals surface area contributed by atoms with Crippen LogP contribution in [0.1, 0.15) is 25.1 Å². The molecular formula is C20H16F4N4O2. The maximum Gasteiger partial charge on any atom is 0.399 e. The van der Waals surface area contributed by atoms with E-state index in [1.807, 2.05) is 10.6 Å². The topological polar surface area (TPSA) is 73.0 Å². The monoisotopic (exact) mass is 420 g/mol. The van der Waals surface area contributed by atoms with E-state index < -0.39 is 29.3 Å². The van der Waals surface area contributed by atoms with Crippen LogP contribution in [0.3, 0.4) is 0 Å². The molecule has 3 aromatic rings. The van der Waals surface area contributed by atoms with Crippen molar-refractivity contribution in [2.75, 3.05) is 6.61 Å². The average Bonchev–Trinajstić information content (AvgIpc) is 3.22. The van der Waals surface area contributed by atoms with Crippen molar-refractivity contribution in [3.8, 4) is 17.8 Å². The van der Waals surface area contributed by atoms with Gasteiger partial charge in [0.05, 0.1) is 34.9 Å². The van der Waals surface area contributed by atoms with Gasteiger partial charge in [0, 0.05) is 0 Å². The van der Waals surface area contributed by atoms with E-state index in [0.717, 1.165) is 31.5 Å². The van der Waals surface area contributed by atoms with Crippen molar-refractivity contribution in [3.63, 3.8) is 0 Å². The molecular weight excluding hydrogens is 404 g/mol. The Morgan fingerprint density at radius 2 is 2.00 bits per heavy atom. The fourth-order valence-corrected chi connectivity index (χ4v) is 3.13. The molecule has 1 atom stereocenters. The molecule has 10 heteroatoms. The van der Waals surface area contributed by atoms with Crippen LogP contribution in [0.5, 0.6) is 11.8 Å². The molecule has 0 saturated heterocycles. The first-order valence-corrected chi connectivity index (χ1v) is 9.04. The maximum atomic E-state index is 14.2. The molecule has 0 N–H and O–H groups in total. The summed E-state index contributed by atoms with van der Waals surface area (Å²) in [7, 11) is 0. The standard InChI is InChI=1S/C20H16F4N4O2/c1-19(2,20(22,23)24)16-6-5-15(17(21)27-16)29-10-12-9-28-14-4-3-11(8-25)7-13(14)26-18(28)30-12/h3-7,12H,9-10H2,1-2H3/t12-/m0/s1. The molecule has 4 rings (SSSR count). The fraction of sp³-hybridized carbons (Fsp3) is 0.350. The van der Waals surface area contributed by atoms with Crippen LogP contribution >= 0.6 is 0 Å². The zero-order valence-electron chi connectivity index (χ0n) is 16.0. The van der Waals surface area contributed by atoms with Crippen LogP contribution in [0.2, 0.25) is 0 Å². The molecule has 2 aromatic heterocycles. The van der Waals surface area contributed by atoms with Gasteiger partial charge in [0.2, 0.25) is 0 Å². The molecule has 156 valence electrons. The molecule has 1 aromatic carbocycles. The zero-order chi connectivity index (χ0) is 21.7. The third-order valence-electron chi connectivity index (χ3n) is 5.09. The van der Waals surface area contributed by atoms with E-state index in [1.165, 1.54) is 0 Å². The Bertz CT molecular complexity index is 1160. The Morgan fingerprint density at radius 3 is 2.67 bits per heavy atom. The largest absolute Gasteiger partial charge is 0.485 e. The van der Waals surface area contributed by atoms with Gasteiger partial charge in [-0.3, -0.25) is 4.57 Å². The number of aromatic nitrogens is 3. The second-order valence-corrected chi connectivity index (χ2v) is 7.48. The van der Waals surface area contributed by atoms with E-state index in [9.17, 15) is 17.6 Å². The highest BCUT2D eigenvalue weighted by molar-refractivity contribution is 5.78. The van der Waals surface area contributed by atoms with Crippen LogP contribution in [0, 0.1) is 17.3 Å². The van der Waals surface area contributed by atoms with Crippen LogP contribution in [0.15, 0.2) is 30.3 Å². The Kier molecular flexibility index (Phi) is 4.56. The number of nitriles is 1. The van der Waals surface area contributed by atoms with Gasteiger partial charge in [-0.15, -0.1) is 0 Å². The molecule has 6 nitrogen and oxygen atoms in total. The minimum Gasteiger partial charge on any atom is -0.485 e. The van der Waals surface area contributed by atoms with Gasteiger partial charge in [-0.05, 0) is 44.2 Å². The average molecular weight is 420 g/mol. The predicted octanol–water partition coefficient (Wildman–Crippen LogP) is 4.12. The molecule has 1 aliphatic heterocycles. The predicted molar refractivity (Wildman–Crippen MR) is 97.6 cm³/mol. The lowest BCUT2D eigenvalue weighted by atomic mass is 9.88. The first-order chi connectivity index (χ1) is 14.1. The summed E-state index contributed by atoms with van der Waals surface area (Å²) in [5.41, 5.74) is -0.818. The molecule has 0 spiro atoms. The smallest absolute Gasteiger partial charge is 0.399 e. The Labute approximate surface area is 168 Å². The fourth-order valence-electron chi connectivity index (χ4n) is 3.13. The van der Waals surface area contributed by atoms with Crippen LogP contribution in [0.25, 0.3) is 11.0 Å². The van der Waals surface area contributed by atoms with E-state index >= 15 is 0 Å². The van der Waals surface area contributed by atoms with Crippen LogP contribution in [-0.4, -0.2) is 33.4 Å². The van der Waals surface area contributed by atoms with Gasteiger partial charge in [-0.1, -0.05) is 0 Å². The van der Waals surface area contributed by atoms with Gasteiger partial charge in [0.1, 0.15) is 12.0 Å². The molecule has 3 heterocycles. The van der Waals surface area contributed by atoms with Crippen molar-refractivity contribution in [3.05, 3.63) is 47.5 Å². The highest BCUT2D eigenvalue weighted by Crippen LogP contribution is 2.40. The molecule has 0 radical (unpaired) electrons. The van der Waals surface area contributed by atoms with Crippen molar-refractivity contribution < 1.29 is 27.0 Å². The maximum absolute atomic E-state index is 14.2.